The van der Waals surface area contributed by atoms with Crippen LogP contribution in [0.15, 0.2) is 54.6 Å². The van der Waals surface area contributed by atoms with Gasteiger partial charge in [0.1, 0.15) is 0 Å². The van der Waals surface area contributed by atoms with Crippen LogP contribution < -0.4 is 9.80 Å². The van der Waals surface area contributed by atoms with Crippen molar-refractivity contribution >= 4 is 35.1 Å². The predicted molar refractivity (Wildman–Crippen MR) is 108 cm³/mol. The van der Waals surface area contributed by atoms with Gasteiger partial charge in [0, 0.05) is 24.6 Å². The molecule has 1 aliphatic heterocycles. The third-order valence-electron chi connectivity index (χ3n) is 4.54. The summed E-state index contributed by atoms with van der Waals surface area (Å²) in [5.41, 5.74) is 1.21. The van der Waals surface area contributed by atoms with Gasteiger partial charge in [-0.2, -0.15) is 0 Å². The Morgan fingerprint density at radius 1 is 1.00 bits per heavy atom. The van der Waals surface area contributed by atoms with E-state index in [0.29, 0.717) is 5.69 Å². The van der Waals surface area contributed by atoms with Crippen molar-refractivity contribution in [3.8, 4) is 0 Å². The lowest BCUT2D eigenvalue weighted by atomic mass is 10.2. The Bertz CT molecular complexity index is 923. The number of hydrogen-bond acceptors (Lipinski definition) is 5. The van der Waals surface area contributed by atoms with Gasteiger partial charge in [0.2, 0.25) is 11.8 Å². The molecular weight excluding hydrogens is 372 g/mol. The van der Waals surface area contributed by atoms with Crippen LogP contribution in [-0.2, 0) is 19.1 Å². The van der Waals surface area contributed by atoms with Crippen LogP contribution in [0.25, 0.3) is 0 Å². The molecule has 3 amide bonds. The summed E-state index contributed by atoms with van der Waals surface area (Å²) in [7, 11) is 0. The maximum atomic E-state index is 12.6. The van der Waals surface area contributed by atoms with Gasteiger partial charge in [-0.1, -0.05) is 24.3 Å². The Balaban J connectivity index is 1.69. The lowest BCUT2D eigenvalue weighted by Crippen LogP contribution is -2.39. The summed E-state index contributed by atoms with van der Waals surface area (Å²) in [5.74, 6) is -1.64. The van der Waals surface area contributed by atoms with E-state index in [0.717, 1.165) is 10.6 Å². The fourth-order valence-corrected chi connectivity index (χ4v) is 3.24. The molecule has 0 unspecified atom stereocenters. The quantitative estimate of drug-likeness (QED) is 0.556. The van der Waals surface area contributed by atoms with E-state index < -0.39 is 12.6 Å². The average Bonchev–Trinajstić information content (AvgIpc) is 3.05. The fraction of sp³-hybridized carbons (Fsp3) is 0.273. The van der Waals surface area contributed by atoms with Gasteiger partial charge in [0.05, 0.1) is 11.3 Å². The van der Waals surface area contributed by atoms with Gasteiger partial charge in [-0.3, -0.25) is 19.3 Å². The molecule has 0 aromatic heterocycles. The van der Waals surface area contributed by atoms with Crippen molar-refractivity contribution in [3.63, 3.8) is 0 Å². The second-order valence-corrected chi connectivity index (χ2v) is 6.94. The first-order valence-corrected chi connectivity index (χ1v) is 9.38. The number of imide groups is 1. The summed E-state index contributed by atoms with van der Waals surface area (Å²) in [4.78, 5) is 51.5. The molecule has 1 heterocycles. The van der Waals surface area contributed by atoms with Crippen molar-refractivity contribution < 1.29 is 23.9 Å². The second-order valence-electron chi connectivity index (χ2n) is 6.94. The Kier molecular flexibility index (Phi) is 6.07. The van der Waals surface area contributed by atoms with Gasteiger partial charge >= 0.3 is 5.97 Å². The van der Waals surface area contributed by atoms with E-state index in [4.69, 9.17) is 4.74 Å². The molecule has 2 aromatic carbocycles. The van der Waals surface area contributed by atoms with Gasteiger partial charge in [-0.05, 0) is 44.2 Å². The molecule has 1 aliphatic rings. The largest absolute Gasteiger partial charge is 0.452 e. The molecule has 0 bridgehead atoms. The summed E-state index contributed by atoms with van der Waals surface area (Å²) in [6, 6.07) is 15.1. The van der Waals surface area contributed by atoms with E-state index in [1.807, 2.05) is 44.2 Å². The number of carbonyl (C=O) groups is 4. The number of esters is 1. The first-order valence-electron chi connectivity index (χ1n) is 9.38. The van der Waals surface area contributed by atoms with Crippen LogP contribution in [0.5, 0.6) is 0 Å². The van der Waals surface area contributed by atoms with Crippen molar-refractivity contribution in [2.24, 2.45) is 0 Å². The number of anilines is 2. The Morgan fingerprint density at radius 2 is 1.66 bits per heavy atom. The Morgan fingerprint density at radius 3 is 2.28 bits per heavy atom. The standard InChI is InChI=1S/C22H22N2O5/c1-15(2)23(17-8-4-3-5-9-17)21(27)14-29-22(28)16-7-6-10-18(13-16)24-19(25)11-12-20(24)26/h3-10,13,15H,11-12,14H2,1-2H3. The summed E-state index contributed by atoms with van der Waals surface area (Å²) in [6.07, 6.45) is 0.319. The number of rotatable bonds is 6. The highest BCUT2D eigenvalue weighted by molar-refractivity contribution is 6.20. The number of benzene rings is 2. The molecule has 3 rings (SSSR count). The van der Waals surface area contributed by atoms with Crippen molar-refractivity contribution in [1.82, 2.24) is 0 Å². The maximum absolute atomic E-state index is 12.6. The first kappa shape index (κ1) is 20.3. The van der Waals surface area contributed by atoms with Crippen LogP contribution >= 0.6 is 0 Å². The van der Waals surface area contributed by atoms with E-state index in [9.17, 15) is 19.2 Å². The highest BCUT2D eigenvalue weighted by Crippen LogP contribution is 2.24. The van der Waals surface area contributed by atoms with Crippen molar-refractivity contribution in [3.05, 3.63) is 60.2 Å². The van der Waals surface area contributed by atoms with Gasteiger partial charge in [0.15, 0.2) is 6.61 Å². The number of carbonyl (C=O) groups excluding carboxylic acids is 4. The van der Waals surface area contributed by atoms with E-state index in [1.165, 1.54) is 12.1 Å². The monoisotopic (exact) mass is 394 g/mol. The van der Waals surface area contributed by atoms with Gasteiger partial charge < -0.3 is 9.64 Å². The molecular formula is C22H22N2O5. The van der Waals surface area contributed by atoms with E-state index in [-0.39, 0.29) is 42.2 Å². The molecule has 0 atom stereocenters. The van der Waals surface area contributed by atoms with Crippen molar-refractivity contribution in [2.75, 3.05) is 16.4 Å². The molecule has 0 N–H and O–H groups in total. The number of hydrogen-bond donors (Lipinski definition) is 0. The van der Waals surface area contributed by atoms with E-state index >= 15 is 0 Å². The zero-order valence-corrected chi connectivity index (χ0v) is 16.3. The minimum atomic E-state index is -0.698. The molecule has 29 heavy (non-hydrogen) atoms. The van der Waals surface area contributed by atoms with Crippen LogP contribution in [0.1, 0.15) is 37.0 Å². The molecule has 0 spiro atoms. The lowest BCUT2D eigenvalue weighted by Gasteiger charge is -2.26. The smallest absolute Gasteiger partial charge is 0.338 e. The topological polar surface area (TPSA) is 84.0 Å². The second kappa shape index (κ2) is 8.68. The summed E-state index contributed by atoms with van der Waals surface area (Å²) >= 11 is 0. The molecule has 1 saturated heterocycles. The van der Waals surface area contributed by atoms with Crippen LogP contribution in [0.4, 0.5) is 11.4 Å². The summed E-state index contributed by atoms with van der Waals surface area (Å²) < 4.78 is 5.20. The van der Waals surface area contributed by atoms with Crippen LogP contribution in [0, 0.1) is 0 Å². The van der Waals surface area contributed by atoms with Crippen LogP contribution in [0.3, 0.4) is 0 Å². The third-order valence-corrected chi connectivity index (χ3v) is 4.54. The summed E-state index contributed by atoms with van der Waals surface area (Å²) in [6.45, 7) is 3.33. The molecule has 7 heteroatoms. The number of amides is 3. The summed E-state index contributed by atoms with van der Waals surface area (Å²) in [5, 5.41) is 0. The van der Waals surface area contributed by atoms with Crippen molar-refractivity contribution in [1.29, 1.82) is 0 Å². The molecule has 0 saturated carbocycles. The first-order chi connectivity index (χ1) is 13.9. The molecule has 2 aromatic rings. The van der Waals surface area contributed by atoms with Gasteiger partial charge in [0.25, 0.3) is 5.91 Å². The predicted octanol–water partition coefficient (Wildman–Crippen LogP) is 2.94. The zero-order chi connectivity index (χ0) is 21.0. The van der Waals surface area contributed by atoms with E-state index in [1.54, 1.807) is 17.0 Å². The highest BCUT2D eigenvalue weighted by atomic mass is 16.5. The zero-order valence-electron chi connectivity index (χ0n) is 16.3. The average molecular weight is 394 g/mol. The molecule has 150 valence electrons. The van der Waals surface area contributed by atoms with Gasteiger partial charge in [-0.15, -0.1) is 0 Å². The van der Waals surface area contributed by atoms with E-state index in [2.05, 4.69) is 0 Å². The fourth-order valence-electron chi connectivity index (χ4n) is 3.24. The minimum Gasteiger partial charge on any atom is -0.452 e. The van der Waals surface area contributed by atoms with Crippen LogP contribution in [0.2, 0.25) is 0 Å². The van der Waals surface area contributed by atoms with Crippen LogP contribution in [-0.4, -0.2) is 36.3 Å². The molecule has 7 nitrogen and oxygen atoms in total. The highest BCUT2D eigenvalue weighted by Gasteiger charge is 2.30. The lowest BCUT2D eigenvalue weighted by molar-refractivity contribution is -0.122. The molecule has 1 fully saturated rings. The molecule has 0 aliphatic carbocycles. The Labute approximate surface area is 168 Å². The number of nitrogens with zero attached hydrogens (tertiary/aromatic N) is 2. The third kappa shape index (κ3) is 4.51. The molecule has 0 radical (unpaired) electrons. The number of para-hydroxylation sites is 1. The minimum absolute atomic E-state index is 0.112. The SMILES string of the molecule is CC(C)N(C(=O)COC(=O)c1cccc(N2C(=O)CCC2=O)c1)c1ccccc1. The maximum Gasteiger partial charge on any atom is 0.338 e. The Hall–Kier alpha value is -3.48. The van der Waals surface area contributed by atoms with Crippen molar-refractivity contribution in [2.45, 2.75) is 32.7 Å². The normalized spacial score (nSPS) is 13.7. The number of ether oxygens (including phenoxy) is 1. The van der Waals surface area contributed by atoms with Gasteiger partial charge in [-0.25, -0.2) is 4.79 Å².